The van der Waals surface area contributed by atoms with E-state index in [0.29, 0.717) is 5.56 Å². The molecular formula is C16H10N2O. The number of hydrogen-bond acceptors (Lipinski definition) is 3. The quantitative estimate of drug-likeness (QED) is 0.715. The highest BCUT2D eigenvalue weighted by molar-refractivity contribution is 5.96. The average Bonchev–Trinajstić information content (AvgIpc) is 2.47. The highest BCUT2D eigenvalue weighted by Crippen LogP contribution is 2.30. The molecule has 0 atom stereocenters. The van der Waals surface area contributed by atoms with Gasteiger partial charge in [-0.15, -0.1) is 0 Å². The largest absolute Gasteiger partial charge is 0.508 e. The second-order valence-corrected chi connectivity index (χ2v) is 4.28. The Balaban J connectivity index is 2.24. The summed E-state index contributed by atoms with van der Waals surface area (Å²) < 4.78 is 0. The van der Waals surface area contributed by atoms with Crippen LogP contribution in [0.2, 0.25) is 0 Å². The molecule has 3 nitrogen and oxygen atoms in total. The molecule has 0 spiro atoms. The predicted octanol–water partition coefficient (Wildman–Crippen LogP) is 3.48. The van der Waals surface area contributed by atoms with Crippen LogP contribution in [-0.4, -0.2) is 10.1 Å². The van der Waals surface area contributed by atoms with Crippen molar-refractivity contribution in [3.05, 3.63) is 60.4 Å². The number of aromatic hydroxyl groups is 1. The maximum absolute atomic E-state index is 9.62. The van der Waals surface area contributed by atoms with E-state index in [1.807, 2.05) is 18.2 Å². The molecule has 1 aromatic heterocycles. The van der Waals surface area contributed by atoms with Crippen LogP contribution in [0.15, 0.2) is 54.9 Å². The SMILES string of the molecule is N#Cc1ccc(-c2cncc3ccc(O)cc23)cc1. The molecule has 3 aromatic rings. The Morgan fingerprint density at radius 3 is 2.53 bits per heavy atom. The zero-order valence-corrected chi connectivity index (χ0v) is 10.0. The normalized spacial score (nSPS) is 10.3. The summed E-state index contributed by atoms with van der Waals surface area (Å²) in [5, 5.41) is 20.3. The molecule has 0 aliphatic heterocycles. The van der Waals surface area contributed by atoms with Crippen LogP contribution in [-0.2, 0) is 0 Å². The summed E-state index contributed by atoms with van der Waals surface area (Å²) >= 11 is 0. The second-order valence-electron chi connectivity index (χ2n) is 4.28. The molecule has 2 aromatic carbocycles. The van der Waals surface area contributed by atoms with E-state index in [1.165, 1.54) is 0 Å². The van der Waals surface area contributed by atoms with Gasteiger partial charge in [0.1, 0.15) is 5.75 Å². The first-order valence-electron chi connectivity index (χ1n) is 5.85. The van der Waals surface area contributed by atoms with Crippen LogP contribution in [0.5, 0.6) is 5.75 Å². The molecule has 3 heteroatoms. The fourth-order valence-corrected chi connectivity index (χ4v) is 2.11. The van der Waals surface area contributed by atoms with Gasteiger partial charge in [-0.3, -0.25) is 4.98 Å². The van der Waals surface area contributed by atoms with Gasteiger partial charge in [-0.1, -0.05) is 12.1 Å². The Labute approximate surface area is 110 Å². The molecule has 3 rings (SSSR count). The van der Waals surface area contributed by atoms with Gasteiger partial charge in [-0.25, -0.2) is 0 Å². The lowest BCUT2D eigenvalue weighted by Gasteiger charge is -2.06. The topological polar surface area (TPSA) is 56.9 Å². The second kappa shape index (κ2) is 4.43. The average molecular weight is 246 g/mol. The van der Waals surface area contributed by atoms with Crippen LogP contribution in [0, 0.1) is 11.3 Å². The lowest BCUT2D eigenvalue weighted by Crippen LogP contribution is -1.84. The lowest BCUT2D eigenvalue weighted by atomic mass is 10.00. The molecule has 0 aliphatic carbocycles. The van der Waals surface area contributed by atoms with E-state index < -0.39 is 0 Å². The number of nitriles is 1. The molecule has 1 N–H and O–H groups in total. The molecule has 1 heterocycles. The van der Waals surface area contributed by atoms with Crippen molar-refractivity contribution < 1.29 is 5.11 Å². The highest BCUT2D eigenvalue weighted by atomic mass is 16.3. The Kier molecular flexibility index (Phi) is 2.62. The van der Waals surface area contributed by atoms with Crippen molar-refractivity contribution in [1.82, 2.24) is 4.98 Å². The van der Waals surface area contributed by atoms with Crippen LogP contribution in [0.4, 0.5) is 0 Å². The minimum atomic E-state index is 0.230. The third kappa shape index (κ3) is 2.00. The zero-order chi connectivity index (χ0) is 13.2. The molecule has 19 heavy (non-hydrogen) atoms. The smallest absolute Gasteiger partial charge is 0.116 e. The third-order valence-corrected chi connectivity index (χ3v) is 3.07. The van der Waals surface area contributed by atoms with Crippen LogP contribution in [0.1, 0.15) is 5.56 Å². The molecular weight excluding hydrogens is 236 g/mol. The van der Waals surface area contributed by atoms with Gasteiger partial charge in [0.25, 0.3) is 0 Å². The number of hydrogen-bond donors (Lipinski definition) is 1. The number of nitrogens with zero attached hydrogens (tertiary/aromatic N) is 2. The lowest BCUT2D eigenvalue weighted by molar-refractivity contribution is 0.476. The Hall–Kier alpha value is -2.86. The standard InChI is InChI=1S/C16H10N2O/c17-8-11-1-3-12(4-2-11)16-10-18-9-13-5-6-14(19)7-15(13)16/h1-7,9-10,19H. The van der Waals surface area contributed by atoms with E-state index in [1.54, 1.807) is 36.7 Å². The van der Waals surface area contributed by atoms with Gasteiger partial charge in [0.15, 0.2) is 0 Å². The molecule has 0 amide bonds. The number of benzene rings is 2. The molecule has 0 saturated heterocycles. The third-order valence-electron chi connectivity index (χ3n) is 3.07. The first-order chi connectivity index (χ1) is 9.28. The minimum Gasteiger partial charge on any atom is -0.508 e. The Morgan fingerprint density at radius 1 is 1.00 bits per heavy atom. The van der Waals surface area contributed by atoms with Crippen molar-refractivity contribution in [2.24, 2.45) is 0 Å². The van der Waals surface area contributed by atoms with Crippen molar-refractivity contribution in [3.8, 4) is 22.9 Å². The number of fused-ring (bicyclic) bond motifs is 1. The Bertz CT molecular complexity index is 786. The van der Waals surface area contributed by atoms with Gasteiger partial charge in [0.05, 0.1) is 11.6 Å². The van der Waals surface area contributed by atoms with E-state index in [2.05, 4.69) is 11.1 Å². The summed E-state index contributed by atoms with van der Waals surface area (Å²) in [4.78, 5) is 4.21. The first-order valence-corrected chi connectivity index (χ1v) is 5.85. The van der Waals surface area contributed by atoms with Gasteiger partial charge < -0.3 is 5.11 Å². The van der Waals surface area contributed by atoms with E-state index in [4.69, 9.17) is 5.26 Å². The van der Waals surface area contributed by atoms with Gasteiger partial charge in [-0.05, 0) is 41.3 Å². The molecule has 0 radical (unpaired) electrons. The molecule has 0 bridgehead atoms. The van der Waals surface area contributed by atoms with Crippen LogP contribution in [0.3, 0.4) is 0 Å². The first kappa shape index (κ1) is 11.2. The van der Waals surface area contributed by atoms with E-state index in [9.17, 15) is 5.11 Å². The summed E-state index contributed by atoms with van der Waals surface area (Å²) in [7, 11) is 0. The van der Waals surface area contributed by atoms with Crippen LogP contribution < -0.4 is 0 Å². The molecule has 0 saturated carbocycles. The van der Waals surface area contributed by atoms with Gasteiger partial charge in [0, 0.05) is 23.3 Å². The number of phenolic OH excluding ortho intramolecular Hbond substituents is 1. The number of phenols is 1. The fourth-order valence-electron chi connectivity index (χ4n) is 2.11. The van der Waals surface area contributed by atoms with Crippen molar-refractivity contribution in [2.45, 2.75) is 0 Å². The molecule has 0 fully saturated rings. The van der Waals surface area contributed by atoms with Crippen LogP contribution in [0.25, 0.3) is 21.9 Å². The molecule has 0 aliphatic rings. The summed E-state index contributed by atoms with van der Waals surface area (Å²) in [5.74, 6) is 0.230. The summed E-state index contributed by atoms with van der Waals surface area (Å²) in [5.41, 5.74) is 2.54. The summed E-state index contributed by atoms with van der Waals surface area (Å²) in [6.45, 7) is 0. The number of aromatic nitrogens is 1. The van der Waals surface area contributed by atoms with Gasteiger partial charge in [-0.2, -0.15) is 5.26 Å². The highest BCUT2D eigenvalue weighted by Gasteiger charge is 2.05. The van der Waals surface area contributed by atoms with E-state index in [-0.39, 0.29) is 5.75 Å². The predicted molar refractivity (Wildman–Crippen MR) is 73.6 cm³/mol. The molecule has 0 unspecified atom stereocenters. The maximum Gasteiger partial charge on any atom is 0.116 e. The molecule has 90 valence electrons. The van der Waals surface area contributed by atoms with Crippen molar-refractivity contribution >= 4 is 10.8 Å². The van der Waals surface area contributed by atoms with E-state index in [0.717, 1.165) is 21.9 Å². The number of pyridine rings is 1. The summed E-state index contributed by atoms with van der Waals surface area (Å²) in [6.07, 6.45) is 3.53. The zero-order valence-electron chi connectivity index (χ0n) is 10.0. The van der Waals surface area contributed by atoms with Gasteiger partial charge >= 0.3 is 0 Å². The Morgan fingerprint density at radius 2 is 1.79 bits per heavy atom. The van der Waals surface area contributed by atoms with E-state index >= 15 is 0 Å². The van der Waals surface area contributed by atoms with Crippen molar-refractivity contribution in [3.63, 3.8) is 0 Å². The minimum absolute atomic E-state index is 0.230. The van der Waals surface area contributed by atoms with Crippen molar-refractivity contribution in [1.29, 1.82) is 5.26 Å². The van der Waals surface area contributed by atoms with Crippen molar-refractivity contribution in [2.75, 3.05) is 0 Å². The monoisotopic (exact) mass is 246 g/mol. The maximum atomic E-state index is 9.62. The fraction of sp³-hybridized carbons (Fsp3) is 0. The summed E-state index contributed by atoms with van der Waals surface area (Å²) in [6, 6.07) is 14.6. The van der Waals surface area contributed by atoms with Gasteiger partial charge in [0.2, 0.25) is 0 Å². The van der Waals surface area contributed by atoms with Crippen LogP contribution >= 0.6 is 0 Å². The number of rotatable bonds is 1.